The molecule has 1 N–H and O–H groups in total. The standard InChI is InChI=1S/C13H18N2O2/c1-9-4-3-5-10(2)15(9)12-6-7-14-8-11(12)13(16)17/h6-10H,3-5H2,1-2H3,(H,16,17)/t9-,10+. The summed E-state index contributed by atoms with van der Waals surface area (Å²) >= 11 is 0. The van der Waals surface area contributed by atoms with Gasteiger partial charge < -0.3 is 10.0 Å². The fourth-order valence-corrected chi connectivity index (χ4v) is 2.67. The van der Waals surface area contributed by atoms with Gasteiger partial charge in [-0.15, -0.1) is 0 Å². The van der Waals surface area contributed by atoms with Crippen molar-refractivity contribution in [3.8, 4) is 0 Å². The zero-order valence-electron chi connectivity index (χ0n) is 10.3. The van der Waals surface area contributed by atoms with Gasteiger partial charge >= 0.3 is 5.97 Å². The van der Waals surface area contributed by atoms with E-state index in [4.69, 9.17) is 0 Å². The van der Waals surface area contributed by atoms with Crippen molar-refractivity contribution >= 4 is 11.7 Å². The molecule has 0 bridgehead atoms. The van der Waals surface area contributed by atoms with Gasteiger partial charge in [-0.25, -0.2) is 4.79 Å². The summed E-state index contributed by atoms with van der Waals surface area (Å²) in [6.45, 7) is 4.31. The summed E-state index contributed by atoms with van der Waals surface area (Å²) in [5.41, 5.74) is 1.10. The Kier molecular flexibility index (Phi) is 3.31. The highest BCUT2D eigenvalue weighted by Gasteiger charge is 2.27. The first-order valence-corrected chi connectivity index (χ1v) is 6.07. The average molecular weight is 234 g/mol. The van der Waals surface area contributed by atoms with Crippen molar-refractivity contribution in [2.75, 3.05) is 4.90 Å². The van der Waals surface area contributed by atoms with Crippen LogP contribution in [0.2, 0.25) is 0 Å². The molecule has 2 atom stereocenters. The van der Waals surface area contributed by atoms with Gasteiger partial charge in [0.15, 0.2) is 0 Å². The van der Waals surface area contributed by atoms with Crippen LogP contribution < -0.4 is 4.90 Å². The number of anilines is 1. The minimum Gasteiger partial charge on any atom is -0.478 e. The third-order valence-electron chi connectivity index (χ3n) is 3.50. The molecule has 1 aliphatic heterocycles. The Morgan fingerprint density at radius 3 is 2.65 bits per heavy atom. The highest BCUT2D eigenvalue weighted by atomic mass is 16.4. The fraction of sp³-hybridized carbons (Fsp3) is 0.538. The molecule has 1 saturated heterocycles. The molecule has 2 rings (SSSR count). The molecule has 0 unspecified atom stereocenters. The van der Waals surface area contributed by atoms with Crippen LogP contribution in [-0.2, 0) is 0 Å². The molecular formula is C13H18N2O2. The van der Waals surface area contributed by atoms with E-state index in [9.17, 15) is 9.90 Å². The second kappa shape index (κ2) is 4.73. The highest BCUT2D eigenvalue weighted by molar-refractivity contribution is 5.94. The van der Waals surface area contributed by atoms with Crippen LogP contribution in [0, 0.1) is 0 Å². The van der Waals surface area contributed by atoms with Gasteiger partial charge in [0.05, 0.1) is 5.69 Å². The van der Waals surface area contributed by atoms with Crippen LogP contribution in [0.3, 0.4) is 0 Å². The zero-order chi connectivity index (χ0) is 12.4. The molecule has 4 heteroatoms. The third-order valence-corrected chi connectivity index (χ3v) is 3.50. The Morgan fingerprint density at radius 2 is 2.06 bits per heavy atom. The number of pyridine rings is 1. The maximum atomic E-state index is 11.2. The van der Waals surface area contributed by atoms with Crippen molar-refractivity contribution in [3.05, 3.63) is 24.0 Å². The van der Waals surface area contributed by atoms with E-state index in [0.717, 1.165) is 18.5 Å². The van der Waals surface area contributed by atoms with Gasteiger partial charge in [-0.05, 0) is 39.2 Å². The van der Waals surface area contributed by atoms with Gasteiger partial charge in [-0.1, -0.05) is 0 Å². The molecule has 0 spiro atoms. The van der Waals surface area contributed by atoms with Crippen LogP contribution in [0.1, 0.15) is 43.5 Å². The molecule has 92 valence electrons. The number of hydrogen-bond donors (Lipinski definition) is 1. The molecule has 0 amide bonds. The summed E-state index contributed by atoms with van der Waals surface area (Å²) in [4.78, 5) is 17.3. The maximum Gasteiger partial charge on any atom is 0.339 e. The summed E-state index contributed by atoms with van der Waals surface area (Å²) in [5.74, 6) is -0.905. The van der Waals surface area contributed by atoms with E-state index in [1.54, 1.807) is 6.20 Å². The summed E-state index contributed by atoms with van der Waals surface area (Å²) in [5, 5.41) is 9.20. The van der Waals surface area contributed by atoms with Gasteiger partial charge in [-0.3, -0.25) is 4.98 Å². The average Bonchev–Trinajstić information content (AvgIpc) is 2.29. The lowest BCUT2D eigenvalue weighted by atomic mass is 9.96. The fourth-order valence-electron chi connectivity index (χ4n) is 2.67. The lowest BCUT2D eigenvalue weighted by Crippen LogP contribution is -2.44. The largest absolute Gasteiger partial charge is 0.478 e. The quantitative estimate of drug-likeness (QED) is 0.854. The van der Waals surface area contributed by atoms with Crippen LogP contribution in [0.15, 0.2) is 18.5 Å². The van der Waals surface area contributed by atoms with Crippen molar-refractivity contribution in [1.82, 2.24) is 4.98 Å². The van der Waals surface area contributed by atoms with Gasteiger partial charge in [0.25, 0.3) is 0 Å². The first-order valence-electron chi connectivity index (χ1n) is 6.07. The van der Waals surface area contributed by atoms with Crippen molar-refractivity contribution in [3.63, 3.8) is 0 Å². The normalized spacial score (nSPS) is 24.7. The molecule has 1 aliphatic rings. The predicted molar refractivity (Wildman–Crippen MR) is 66.5 cm³/mol. The molecular weight excluding hydrogens is 216 g/mol. The van der Waals surface area contributed by atoms with E-state index >= 15 is 0 Å². The molecule has 1 aromatic rings. The minimum absolute atomic E-state index is 0.299. The third kappa shape index (κ3) is 2.25. The molecule has 0 radical (unpaired) electrons. The Hall–Kier alpha value is -1.58. The van der Waals surface area contributed by atoms with Crippen LogP contribution in [0.25, 0.3) is 0 Å². The number of aromatic carboxylic acids is 1. The van der Waals surface area contributed by atoms with Crippen LogP contribution >= 0.6 is 0 Å². The van der Waals surface area contributed by atoms with Gasteiger partial charge in [-0.2, -0.15) is 0 Å². The predicted octanol–water partition coefficient (Wildman–Crippen LogP) is 2.55. The second-order valence-electron chi connectivity index (χ2n) is 4.73. The van der Waals surface area contributed by atoms with Crippen LogP contribution in [0.4, 0.5) is 5.69 Å². The van der Waals surface area contributed by atoms with Crippen molar-refractivity contribution in [2.45, 2.75) is 45.2 Å². The molecule has 2 heterocycles. The number of rotatable bonds is 2. The number of piperidine rings is 1. The van der Waals surface area contributed by atoms with Crippen molar-refractivity contribution in [2.24, 2.45) is 0 Å². The Balaban J connectivity index is 2.41. The molecule has 1 aromatic heterocycles. The number of aromatic nitrogens is 1. The Labute approximate surface area is 101 Å². The number of nitrogens with zero attached hydrogens (tertiary/aromatic N) is 2. The summed E-state index contributed by atoms with van der Waals surface area (Å²) in [6, 6.07) is 2.58. The summed E-state index contributed by atoms with van der Waals surface area (Å²) in [7, 11) is 0. The van der Waals surface area contributed by atoms with E-state index in [2.05, 4.69) is 23.7 Å². The Morgan fingerprint density at radius 1 is 1.41 bits per heavy atom. The lowest BCUT2D eigenvalue weighted by Gasteiger charge is -2.41. The molecule has 0 aromatic carbocycles. The summed E-state index contributed by atoms with van der Waals surface area (Å²) in [6.07, 6.45) is 6.55. The maximum absolute atomic E-state index is 11.2. The van der Waals surface area contributed by atoms with Crippen LogP contribution in [0.5, 0.6) is 0 Å². The van der Waals surface area contributed by atoms with E-state index in [-0.39, 0.29) is 0 Å². The second-order valence-corrected chi connectivity index (χ2v) is 4.73. The number of carboxylic acid groups (broad SMARTS) is 1. The highest BCUT2D eigenvalue weighted by Crippen LogP contribution is 2.31. The first kappa shape index (κ1) is 11.9. The lowest BCUT2D eigenvalue weighted by molar-refractivity contribution is 0.0697. The summed E-state index contributed by atoms with van der Waals surface area (Å²) < 4.78 is 0. The molecule has 17 heavy (non-hydrogen) atoms. The van der Waals surface area contributed by atoms with Gasteiger partial charge in [0, 0.05) is 24.5 Å². The first-order chi connectivity index (χ1) is 8.11. The van der Waals surface area contributed by atoms with Crippen molar-refractivity contribution < 1.29 is 9.90 Å². The Bertz CT molecular complexity index is 410. The van der Waals surface area contributed by atoms with E-state index < -0.39 is 5.97 Å². The number of carboxylic acids is 1. The van der Waals surface area contributed by atoms with Crippen molar-refractivity contribution in [1.29, 1.82) is 0 Å². The monoisotopic (exact) mass is 234 g/mol. The van der Waals surface area contributed by atoms with E-state index in [0.29, 0.717) is 17.6 Å². The molecule has 0 saturated carbocycles. The molecule has 4 nitrogen and oxygen atoms in total. The molecule has 0 aliphatic carbocycles. The van der Waals surface area contributed by atoms with Gasteiger partial charge in [0.2, 0.25) is 0 Å². The minimum atomic E-state index is -0.905. The number of hydrogen-bond acceptors (Lipinski definition) is 3. The van der Waals surface area contributed by atoms with Gasteiger partial charge in [0.1, 0.15) is 5.56 Å². The molecule has 1 fully saturated rings. The van der Waals surface area contributed by atoms with E-state index in [1.807, 2.05) is 6.07 Å². The topological polar surface area (TPSA) is 53.4 Å². The van der Waals surface area contributed by atoms with Crippen LogP contribution in [-0.4, -0.2) is 28.1 Å². The zero-order valence-corrected chi connectivity index (χ0v) is 10.3. The number of carbonyl (C=O) groups is 1. The smallest absolute Gasteiger partial charge is 0.339 e. The SMILES string of the molecule is C[C@@H]1CCC[C@H](C)N1c1ccncc1C(=O)O. The van der Waals surface area contributed by atoms with E-state index in [1.165, 1.54) is 12.6 Å².